The van der Waals surface area contributed by atoms with Gasteiger partial charge in [-0.05, 0) is 42.0 Å². The summed E-state index contributed by atoms with van der Waals surface area (Å²) < 4.78 is 2.05. The largest absolute Gasteiger partial charge is 0.387 e. The molecule has 1 amide bonds. The molecule has 0 radical (unpaired) electrons. The number of fused-ring (bicyclic) bond motifs is 1. The summed E-state index contributed by atoms with van der Waals surface area (Å²) >= 11 is 0. The number of nitrogens with zero attached hydrogens (tertiary/aromatic N) is 1. The Labute approximate surface area is 124 Å². The fourth-order valence-electron chi connectivity index (χ4n) is 3.15. The molecule has 0 spiro atoms. The molecule has 2 N–H and O–H groups in total. The molecule has 3 rings (SSSR count). The van der Waals surface area contributed by atoms with E-state index in [-0.39, 0.29) is 18.4 Å². The fourth-order valence-corrected chi connectivity index (χ4v) is 3.15. The quantitative estimate of drug-likeness (QED) is 0.907. The summed E-state index contributed by atoms with van der Waals surface area (Å²) in [6.45, 7) is 0.285. The summed E-state index contributed by atoms with van der Waals surface area (Å²) in [6, 6.07) is 7.95. The van der Waals surface area contributed by atoms with Gasteiger partial charge in [-0.3, -0.25) is 4.79 Å². The lowest BCUT2D eigenvalue weighted by molar-refractivity contribution is -0.125. The lowest BCUT2D eigenvalue weighted by Crippen LogP contribution is -2.32. The number of aliphatic hydroxyl groups is 1. The van der Waals surface area contributed by atoms with E-state index in [2.05, 4.69) is 5.32 Å². The van der Waals surface area contributed by atoms with Gasteiger partial charge in [-0.25, -0.2) is 0 Å². The van der Waals surface area contributed by atoms with Gasteiger partial charge in [0, 0.05) is 31.2 Å². The molecule has 1 aromatic heterocycles. The van der Waals surface area contributed by atoms with Gasteiger partial charge in [0.2, 0.25) is 5.91 Å². The van der Waals surface area contributed by atoms with E-state index in [0.717, 1.165) is 42.1 Å². The fraction of sp³-hybridized carbons (Fsp3) is 0.471. The number of hydrogen-bond acceptors (Lipinski definition) is 2. The maximum absolute atomic E-state index is 12.0. The standard InChI is InChI=1S/C17H22N2O2/c1-19-9-8-13-10-14(6-7-15(13)19)16(20)11-18-17(21)12-4-2-3-5-12/h6-10,12,16,20H,2-5,11H2,1H3,(H,18,21)/t16-/m0/s1. The predicted molar refractivity (Wildman–Crippen MR) is 82.8 cm³/mol. The highest BCUT2D eigenvalue weighted by Gasteiger charge is 2.23. The first-order chi connectivity index (χ1) is 10.1. The van der Waals surface area contributed by atoms with Crippen LogP contribution in [-0.2, 0) is 11.8 Å². The average molecular weight is 286 g/mol. The zero-order valence-electron chi connectivity index (χ0n) is 12.4. The minimum absolute atomic E-state index is 0.0901. The number of amides is 1. The smallest absolute Gasteiger partial charge is 0.223 e. The first-order valence-corrected chi connectivity index (χ1v) is 7.66. The van der Waals surface area contributed by atoms with Crippen molar-refractivity contribution in [1.82, 2.24) is 9.88 Å². The van der Waals surface area contributed by atoms with Crippen molar-refractivity contribution in [1.29, 1.82) is 0 Å². The number of nitrogens with one attached hydrogen (secondary N) is 1. The SMILES string of the molecule is Cn1ccc2cc([C@@H](O)CNC(=O)C3CCCC3)ccc21. The number of aryl methyl sites for hydroxylation is 1. The molecule has 0 saturated heterocycles. The molecule has 0 aliphatic heterocycles. The highest BCUT2D eigenvalue weighted by Crippen LogP contribution is 2.25. The Morgan fingerprint density at radius 2 is 2.14 bits per heavy atom. The van der Waals surface area contributed by atoms with Crippen molar-refractivity contribution in [3.05, 3.63) is 36.0 Å². The van der Waals surface area contributed by atoms with Gasteiger partial charge in [0.15, 0.2) is 0 Å². The van der Waals surface area contributed by atoms with Gasteiger partial charge in [0.25, 0.3) is 0 Å². The molecule has 21 heavy (non-hydrogen) atoms. The zero-order valence-corrected chi connectivity index (χ0v) is 12.4. The normalized spacial score (nSPS) is 17.2. The number of rotatable bonds is 4. The van der Waals surface area contributed by atoms with Crippen LogP contribution >= 0.6 is 0 Å². The van der Waals surface area contributed by atoms with E-state index in [9.17, 15) is 9.90 Å². The van der Waals surface area contributed by atoms with Crippen molar-refractivity contribution in [2.75, 3.05) is 6.54 Å². The van der Waals surface area contributed by atoms with Gasteiger partial charge in [0.1, 0.15) is 0 Å². The topological polar surface area (TPSA) is 54.3 Å². The Morgan fingerprint density at radius 1 is 1.38 bits per heavy atom. The molecular weight excluding hydrogens is 264 g/mol. The lowest BCUT2D eigenvalue weighted by atomic mass is 10.1. The van der Waals surface area contributed by atoms with Crippen molar-refractivity contribution in [3.8, 4) is 0 Å². The van der Waals surface area contributed by atoms with Crippen LogP contribution in [0.15, 0.2) is 30.5 Å². The number of hydrogen-bond donors (Lipinski definition) is 2. The van der Waals surface area contributed by atoms with Crippen LogP contribution in [0.1, 0.15) is 37.4 Å². The van der Waals surface area contributed by atoms with Crippen LogP contribution < -0.4 is 5.32 Å². The van der Waals surface area contributed by atoms with Gasteiger partial charge in [-0.15, -0.1) is 0 Å². The third kappa shape index (κ3) is 2.95. The maximum atomic E-state index is 12.0. The van der Waals surface area contributed by atoms with E-state index in [1.165, 1.54) is 0 Å². The molecule has 1 aliphatic rings. The zero-order chi connectivity index (χ0) is 14.8. The molecule has 1 aliphatic carbocycles. The molecular formula is C17H22N2O2. The van der Waals surface area contributed by atoms with Gasteiger partial charge >= 0.3 is 0 Å². The van der Waals surface area contributed by atoms with Crippen LogP contribution in [0, 0.1) is 5.92 Å². The predicted octanol–water partition coefficient (Wildman–Crippen LogP) is 2.52. The Kier molecular flexibility index (Phi) is 3.97. The summed E-state index contributed by atoms with van der Waals surface area (Å²) in [4.78, 5) is 12.0. The van der Waals surface area contributed by atoms with Crippen molar-refractivity contribution in [2.24, 2.45) is 13.0 Å². The number of aliphatic hydroxyl groups excluding tert-OH is 1. The number of aromatic nitrogens is 1. The van der Waals surface area contributed by atoms with Gasteiger partial charge in [-0.2, -0.15) is 0 Å². The van der Waals surface area contributed by atoms with Crippen molar-refractivity contribution in [2.45, 2.75) is 31.8 Å². The van der Waals surface area contributed by atoms with Crippen LogP contribution in [0.5, 0.6) is 0 Å². The Hall–Kier alpha value is -1.81. The van der Waals surface area contributed by atoms with Crippen LogP contribution in [0.4, 0.5) is 0 Å². The third-order valence-electron chi connectivity index (χ3n) is 4.49. The molecule has 1 fully saturated rings. The molecule has 0 unspecified atom stereocenters. The minimum Gasteiger partial charge on any atom is -0.387 e. The lowest BCUT2D eigenvalue weighted by Gasteiger charge is -2.15. The second kappa shape index (κ2) is 5.90. The highest BCUT2D eigenvalue weighted by atomic mass is 16.3. The molecule has 4 heteroatoms. The average Bonchev–Trinajstić information content (AvgIpc) is 3.14. The Bertz CT molecular complexity index is 641. The van der Waals surface area contributed by atoms with Crippen LogP contribution in [0.25, 0.3) is 10.9 Å². The Morgan fingerprint density at radius 3 is 2.90 bits per heavy atom. The first-order valence-electron chi connectivity index (χ1n) is 7.66. The van der Waals surface area contributed by atoms with E-state index in [0.29, 0.717) is 0 Å². The maximum Gasteiger partial charge on any atom is 0.223 e. The van der Waals surface area contributed by atoms with E-state index in [1.54, 1.807) is 0 Å². The number of carbonyl (C=O) groups is 1. The summed E-state index contributed by atoms with van der Waals surface area (Å²) in [6.07, 6.45) is 5.61. The minimum atomic E-state index is -0.653. The van der Waals surface area contributed by atoms with Crippen molar-refractivity contribution in [3.63, 3.8) is 0 Å². The monoisotopic (exact) mass is 286 g/mol. The summed E-state index contributed by atoms with van der Waals surface area (Å²) in [5, 5.41) is 14.2. The van der Waals surface area contributed by atoms with E-state index < -0.39 is 6.10 Å². The molecule has 1 atom stereocenters. The van der Waals surface area contributed by atoms with Gasteiger partial charge in [-0.1, -0.05) is 18.9 Å². The second-order valence-corrected chi connectivity index (χ2v) is 5.99. The van der Waals surface area contributed by atoms with E-state index in [1.807, 2.05) is 42.1 Å². The highest BCUT2D eigenvalue weighted by molar-refractivity contribution is 5.81. The number of benzene rings is 1. The van der Waals surface area contributed by atoms with Crippen molar-refractivity contribution < 1.29 is 9.90 Å². The molecule has 1 saturated carbocycles. The van der Waals surface area contributed by atoms with Crippen LogP contribution in [0.3, 0.4) is 0 Å². The number of carbonyl (C=O) groups excluding carboxylic acids is 1. The first kappa shape index (κ1) is 14.1. The van der Waals surface area contributed by atoms with E-state index in [4.69, 9.17) is 0 Å². The Balaban J connectivity index is 1.63. The summed E-state index contributed by atoms with van der Waals surface area (Å²) in [5.41, 5.74) is 1.99. The summed E-state index contributed by atoms with van der Waals surface area (Å²) in [5.74, 6) is 0.237. The van der Waals surface area contributed by atoms with Gasteiger partial charge < -0.3 is 15.0 Å². The molecule has 2 aromatic rings. The second-order valence-electron chi connectivity index (χ2n) is 5.99. The molecule has 1 heterocycles. The van der Waals surface area contributed by atoms with Crippen LogP contribution in [-0.4, -0.2) is 22.1 Å². The third-order valence-corrected chi connectivity index (χ3v) is 4.49. The molecule has 4 nitrogen and oxygen atoms in total. The molecule has 1 aromatic carbocycles. The van der Waals surface area contributed by atoms with Crippen molar-refractivity contribution >= 4 is 16.8 Å². The molecule has 112 valence electrons. The molecule has 0 bridgehead atoms. The summed E-state index contributed by atoms with van der Waals surface area (Å²) in [7, 11) is 2.00. The van der Waals surface area contributed by atoms with E-state index >= 15 is 0 Å². The van der Waals surface area contributed by atoms with Gasteiger partial charge in [0.05, 0.1) is 6.10 Å². The van der Waals surface area contributed by atoms with Crippen LogP contribution in [0.2, 0.25) is 0 Å².